The van der Waals surface area contributed by atoms with E-state index in [1.54, 1.807) is 0 Å². The molecule has 48 heavy (non-hydrogen) atoms. The molecule has 2 aliphatic rings. The van der Waals surface area contributed by atoms with E-state index in [4.69, 9.17) is 9.97 Å². The number of benzene rings is 2. The van der Waals surface area contributed by atoms with E-state index in [0.717, 1.165) is 115 Å². The van der Waals surface area contributed by atoms with E-state index in [1.165, 1.54) is 0 Å². The molecule has 0 atom stereocenters. The molecule has 0 saturated heterocycles. The molecule has 7 heterocycles. The van der Waals surface area contributed by atoms with Gasteiger partial charge in [0.15, 0.2) is 0 Å². The Labute approximate surface area is 278 Å². The first-order valence-corrected chi connectivity index (χ1v) is 16.5. The minimum absolute atomic E-state index is 0.824. The van der Waals surface area contributed by atoms with Crippen molar-refractivity contribution in [2.45, 2.75) is 25.7 Å². The van der Waals surface area contributed by atoms with Gasteiger partial charge in [-0.25, -0.2) is 0 Å². The largest absolute Gasteiger partial charge is 0.354 e. The average Bonchev–Trinajstić information content (AvgIpc) is 3.98. The van der Waals surface area contributed by atoms with Crippen LogP contribution in [-0.4, -0.2) is 29.9 Å². The van der Waals surface area contributed by atoms with Gasteiger partial charge in [0, 0.05) is 80.2 Å². The number of hydrogen-bond donors (Lipinski definition) is 2. The number of pyridine rings is 2. The predicted octanol–water partition coefficient (Wildman–Crippen LogP) is 9.34. The van der Waals surface area contributed by atoms with Gasteiger partial charge in [-0.15, -0.1) is 0 Å². The van der Waals surface area contributed by atoms with E-state index < -0.39 is 0 Å². The summed E-state index contributed by atoms with van der Waals surface area (Å²) in [6.07, 6.45) is 10.8. The highest BCUT2D eigenvalue weighted by Gasteiger charge is 2.22. The lowest BCUT2D eigenvalue weighted by atomic mass is 10.0. The molecule has 0 spiro atoms. The topological polar surface area (TPSA) is 83.1 Å². The van der Waals surface area contributed by atoms with Crippen LogP contribution in [0.2, 0.25) is 0 Å². The van der Waals surface area contributed by atoms with Gasteiger partial charge in [-0.2, -0.15) is 0 Å². The van der Waals surface area contributed by atoms with E-state index in [-0.39, 0.29) is 0 Å². The predicted molar refractivity (Wildman–Crippen MR) is 193 cm³/mol. The van der Waals surface area contributed by atoms with Crippen LogP contribution in [0.25, 0.3) is 66.6 Å². The van der Waals surface area contributed by atoms with Gasteiger partial charge in [0.2, 0.25) is 0 Å². The number of nitrogens with zero attached hydrogens (tertiary/aromatic N) is 4. The van der Waals surface area contributed by atoms with E-state index in [1.807, 2.05) is 36.9 Å². The molecular weight excluding hydrogens is 589 g/mol. The lowest BCUT2D eigenvalue weighted by molar-refractivity contribution is 1.03. The molecule has 0 unspecified atom stereocenters. The normalized spacial score (nSPS) is 12.7. The summed E-state index contributed by atoms with van der Waals surface area (Å²) in [5.41, 5.74) is 17.1. The molecule has 2 aromatic carbocycles. The van der Waals surface area contributed by atoms with Crippen molar-refractivity contribution in [3.8, 4) is 44.5 Å². The van der Waals surface area contributed by atoms with Crippen LogP contribution in [0, 0.1) is 0 Å². The van der Waals surface area contributed by atoms with E-state index in [0.29, 0.717) is 0 Å². The second kappa shape index (κ2) is 11.9. The zero-order valence-electron chi connectivity index (χ0n) is 26.3. The molecule has 5 aromatic heterocycles. The van der Waals surface area contributed by atoms with Crippen molar-refractivity contribution in [1.29, 1.82) is 0 Å². The molecule has 7 aromatic rings. The summed E-state index contributed by atoms with van der Waals surface area (Å²) in [6, 6.07) is 38.2. The van der Waals surface area contributed by atoms with Crippen LogP contribution in [-0.2, 0) is 25.7 Å². The highest BCUT2D eigenvalue weighted by Crippen LogP contribution is 2.37. The number of rotatable bonds is 4. The Morgan fingerprint density at radius 1 is 0.354 bits per heavy atom. The van der Waals surface area contributed by atoms with Gasteiger partial charge in [-0.3, -0.25) is 19.9 Å². The first-order valence-electron chi connectivity index (χ1n) is 16.5. The number of fused-ring (bicyclic) bond motifs is 8. The number of H-pyrrole nitrogens is 2. The third kappa shape index (κ3) is 4.99. The van der Waals surface area contributed by atoms with Gasteiger partial charge in [0.1, 0.15) is 0 Å². The van der Waals surface area contributed by atoms with Crippen LogP contribution in [0.4, 0.5) is 0 Å². The lowest BCUT2D eigenvalue weighted by Gasteiger charge is -2.06. The van der Waals surface area contributed by atoms with Crippen molar-refractivity contribution < 1.29 is 0 Å². The van der Waals surface area contributed by atoms with Crippen LogP contribution in [0.15, 0.2) is 134 Å². The first kappa shape index (κ1) is 28.1. The van der Waals surface area contributed by atoms with Crippen LogP contribution in [0.1, 0.15) is 22.8 Å². The van der Waals surface area contributed by atoms with Gasteiger partial charge in [-0.05, 0) is 73.2 Å². The third-order valence-electron chi connectivity index (χ3n) is 9.37. The van der Waals surface area contributed by atoms with Crippen molar-refractivity contribution >= 4 is 22.1 Å². The molecule has 0 fully saturated rings. The second-order valence-corrected chi connectivity index (χ2v) is 12.3. The maximum Gasteiger partial charge on any atom is 0.0510 e. The summed E-state index contributed by atoms with van der Waals surface area (Å²) in [5, 5.41) is 0. The number of aromatic nitrogens is 6. The monoisotopic (exact) mass is 620 g/mol. The highest BCUT2D eigenvalue weighted by atomic mass is 14.8. The summed E-state index contributed by atoms with van der Waals surface area (Å²) >= 11 is 0. The molecule has 8 bridgehead atoms. The SMILES string of the molecule is c1ccc(-c2c3nc(c(-c4cccnc4)c4ccc([nH]4)c(-c4ccccc4)c4nc(c(-c5cccnc5)c5ccc2[nH]5)CC4)CC3)cc1. The van der Waals surface area contributed by atoms with Crippen molar-refractivity contribution in [2.75, 3.05) is 0 Å². The Kier molecular flexibility index (Phi) is 6.97. The average molecular weight is 621 g/mol. The van der Waals surface area contributed by atoms with Crippen molar-refractivity contribution in [1.82, 2.24) is 29.9 Å². The molecular formula is C42H32N6. The van der Waals surface area contributed by atoms with Gasteiger partial charge < -0.3 is 9.97 Å². The van der Waals surface area contributed by atoms with E-state index in [9.17, 15) is 0 Å². The summed E-state index contributed by atoms with van der Waals surface area (Å²) in [6.45, 7) is 0. The zero-order valence-corrected chi connectivity index (χ0v) is 26.3. The number of nitrogens with one attached hydrogen (secondary N) is 2. The highest BCUT2D eigenvalue weighted by molar-refractivity contribution is 5.91. The summed E-state index contributed by atoms with van der Waals surface area (Å²) in [7, 11) is 0. The van der Waals surface area contributed by atoms with E-state index in [2.05, 4.69) is 117 Å². The number of hydrogen-bond acceptors (Lipinski definition) is 4. The second-order valence-electron chi connectivity index (χ2n) is 12.3. The molecule has 2 aliphatic heterocycles. The fourth-order valence-corrected chi connectivity index (χ4v) is 7.26. The molecule has 9 rings (SSSR count). The number of aryl methyl sites for hydroxylation is 4. The molecule has 230 valence electrons. The Hall–Kier alpha value is -6.14. The Bertz CT molecular complexity index is 2090. The van der Waals surface area contributed by atoms with Gasteiger partial charge in [-0.1, -0.05) is 72.8 Å². The van der Waals surface area contributed by atoms with Crippen LogP contribution in [0.5, 0.6) is 0 Å². The van der Waals surface area contributed by atoms with Gasteiger partial charge in [0.05, 0.1) is 22.8 Å². The molecule has 6 heteroatoms. The molecule has 6 nitrogen and oxygen atoms in total. The smallest absolute Gasteiger partial charge is 0.0510 e. The Balaban J connectivity index is 1.47. The Morgan fingerprint density at radius 3 is 1.02 bits per heavy atom. The minimum Gasteiger partial charge on any atom is -0.354 e. The van der Waals surface area contributed by atoms with Gasteiger partial charge in [0.25, 0.3) is 0 Å². The molecule has 0 saturated carbocycles. The van der Waals surface area contributed by atoms with Crippen molar-refractivity contribution in [3.05, 3.63) is 157 Å². The minimum atomic E-state index is 0.824. The maximum absolute atomic E-state index is 5.43. The fraction of sp³-hybridized carbons (Fsp3) is 0.0952. The van der Waals surface area contributed by atoms with Crippen LogP contribution in [0.3, 0.4) is 0 Å². The Morgan fingerprint density at radius 2 is 0.688 bits per heavy atom. The molecule has 0 aliphatic carbocycles. The third-order valence-corrected chi connectivity index (χ3v) is 9.37. The summed E-state index contributed by atoms with van der Waals surface area (Å²) in [5.74, 6) is 0. The summed E-state index contributed by atoms with van der Waals surface area (Å²) in [4.78, 5) is 27.5. The molecule has 0 radical (unpaired) electrons. The zero-order chi connectivity index (χ0) is 31.9. The van der Waals surface area contributed by atoms with Crippen molar-refractivity contribution in [2.24, 2.45) is 0 Å². The molecule has 2 N–H and O–H groups in total. The fourth-order valence-electron chi connectivity index (χ4n) is 7.26. The maximum atomic E-state index is 5.43. The van der Waals surface area contributed by atoms with Crippen LogP contribution < -0.4 is 0 Å². The lowest BCUT2D eigenvalue weighted by Crippen LogP contribution is -1.90. The standard InChI is InChI=1S/C42H32N6/c1-3-9-27(10-4-1)39-31-15-19-35(45-31)41(29-13-7-23-43-25-29)37-21-17-33(47-37)40(28-11-5-2-6-12-28)34-18-22-38(48-34)42(30-14-8-24-44-26-30)36-20-16-32(39)46-36/h1-15,18-19,22-26,45,48H,16-17,20-21H2. The van der Waals surface area contributed by atoms with Crippen molar-refractivity contribution in [3.63, 3.8) is 0 Å². The summed E-state index contributed by atoms with van der Waals surface area (Å²) < 4.78 is 0. The first-order chi connectivity index (χ1) is 23.8. The number of aromatic amines is 2. The quantitative estimate of drug-likeness (QED) is 0.205. The van der Waals surface area contributed by atoms with E-state index >= 15 is 0 Å². The molecule has 0 amide bonds. The van der Waals surface area contributed by atoms with Crippen LogP contribution >= 0.6 is 0 Å². The van der Waals surface area contributed by atoms with Gasteiger partial charge >= 0.3 is 0 Å².